The molecule has 0 bridgehead atoms. The second-order valence-corrected chi connectivity index (χ2v) is 5.38. The number of hydrogen-bond donors (Lipinski definition) is 3. The maximum absolute atomic E-state index is 12.6. The van der Waals surface area contributed by atoms with Crippen molar-refractivity contribution in [1.82, 2.24) is 9.88 Å². The fraction of sp³-hybridized carbons (Fsp3) is 0.333. The summed E-state index contributed by atoms with van der Waals surface area (Å²) in [6.45, 7) is 0.470. The fourth-order valence-electron chi connectivity index (χ4n) is 2.73. The lowest BCUT2D eigenvalue weighted by molar-refractivity contribution is -0.162. The van der Waals surface area contributed by atoms with Gasteiger partial charge in [0.1, 0.15) is 0 Å². The Morgan fingerprint density at radius 3 is 2.57 bits per heavy atom. The van der Waals surface area contributed by atoms with Gasteiger partial charge in [-0.2, -0.15) is 0 Å². The summed E-state index contributed by atoms with van der Waals surface area (Å²) in [5.74, 6) is -1.36. The Morgan fingerprint density at radius 2 is 1.90 bits per heavy atom. The molecule has 3 N–H and O–H groups in total. The van der Waals surface area contributed by atoms with Crippen molar-refractivity contribution < 1.29 is 19.8 Å². The average molecular weight is 288 g/mol. The van der Waals surface area contributed by atoms with Gasteiger partial charge in [0.05, 0.1) is 11.1 Å². The summed E-state index contributed by atoms with van der Waals surface area (Å²) in [7, 11) is 0. The van der Waals surface area contributed by atoms with Crippen LogP contribution in [-0.4, -0.2) is 50.7 Å². The van der Waals surface area contributed by atoms with Gasteiger partial charge in [0.2, 0.25) is 0 Å². The lowest BCUT2D eigenvalue weighted by atomic mass is 9.91. The highest BCUT2D eigenvalue weighted by molar-refractivity contribution is 6.05. The minimum absolute atomic E-state index is 0.0504. The van der Waals surface area contributed by atoms with Gasteiger partial charge < -0.3 is 20.1 Å². The smallest absolute Gasteiger partial charge is 0.335 e. The Bertz CT molecular complexity index is 699. The van der Waals surface area contributed by atoms with Crippen molar-refractivity contribution in [2.75, 3.05) is 13.1 Å². The molecule has 0 aliphatic carbocycles. The van der Waals surface area contributed by atoms with Crippen LogP contribution in [0.1, 0.15) is 23.2 Å². The molecule has 1 aliphatic rings. The predicted octanol–water partition coefficient (Wildman–Crippen LogP) is 1.22. The van der Waals surface area contributed by atoms with Crippen molar-refractivity contribution in [3.8, 4) is 0 Å². The highest BCUT2D eigenvalue weighted by Crippen LogP contribution is 2.25. The zero-order valence-electron chi connectivity index (χ0n) is 11.4. The van der Waals surface area contributed by atoms with Gasteiger partial charge in [-0.1, -0.05) is 12.1 Å². The third-order valence-corrected chi connectivity index (χ3v) is 4.09. The number of amides is 1. The van der Waals surface area contributed by atoms with Gasteiger partial charge in [-0.05, 0) is 12.1 Å². The zero-order chi connectivity index (χ0) is 15.0. The van der Waals surface area contributed by atoms with E-state index >= 15 is 0 Å². The third kappa shape index (κ3) is 2.27. The van der Waals surface area contributed by atoms with E-state index in [0.717, 1.165) is 10.9 Å². The van der Waals surface area contributed by atoms with E-state index in [1.165, 1.54) is 0 Å². The number of nitrogens with one attached hydrogen (secondary N) is 1. The van der Waals surface area contributed by atoms with Crippen molar-refractivity contribution in [3.05, 3.63) is 36.0 Å². The van der Waals surface area contributed by atoms with Crippen LogP contribution in [0.3, 0.4) is 0 Å². The van der Waals surface area contributed by atoms with E-state index in [0.29, 0.717) is 5.56 Å². The SMILES string of the molecule is O=C(c1cccc2cc[nH]c12)N1CCC(O)(C(=O)O)CC1. The number of carboxylic acid groups (broad SMARTS) is 1. The Balaban J connectivity index is 1.81. The molecule has 1 aromatic carbocycles. The fourth-order valence-corrected chi connectivity index (χ4v) is 2.73. The number of piperidine rings is 1. The van der Waals surface area contributed by atoms with E-state index in [2.05, 4.69) is 4.98 Å². The van der Waals surface area contributed by atoms with E-state index < -0.39 is 11.6 Å². The minimum Gasteiger partial charge on any atom is -0.479 e. The highest BCUT2D eigenvalue weighted by Gasteiger charge is 2.40. The minimum atomic E-state index is -1.71. The zero-order valence-corrected chi connectivity index (χ0v) is 11.4. The van der Waals surface area contributed by atoms with Crippen LogP contribution in [0.2, 0.25) is 0 Å². The van der Waals surface area contributed by atoms with Crippen LogP contribution < -0.4 is 0 Å². The van der Waals surface area contributed by atoms with Gasteiger partial charge >= 0.3 is 5.97 Å². The van der Waals surface area contributed by atoms with Crippen LogP contribution >= 0.6 is 0 Å². The number of carboxylic acids is 1. The molecule has 1 fully saturated rings. The number of aliphatic carboxylic acids is 1. The monoisotopic (exact) mass is 288 g/mol. The molecule has 6 nitrogen and oxygen atoms in total. The number of para-hydroxylation sites is 1. The number of likely N-dealkylation sites (tertiary alicyclic amines) is 1. The van der Waals surface area contributed by atoms with Crippen molar-refractivity contribution >= 4 is 22.8 Å². The topological polar surface area (TPSA) is 93.6 Å². The maximum atomic E-state index is 12.6. The first-order valence-electron chi connectivity index (χ1n) is 6.82. The highest BCUT2D eigenvalue weighted by atomic mass is 16.4. The van der Waals surface area contributed by atoms with E-state index in [1.54, 1.807) is 17.2 Å². The van der Waals surface area contributed by atoms with Gasteiger partial charge in [0.15, 0.2) is 5.60 Å². The molecular weight excluding hydrogens is 272 g/mol. The Labute approximate surface area is 121 Å². The first-order valence-corrected chi connectivity index (χ1v) is 6.82. The largest absolute Gasteiger partial charge is 0.479 e. The number of benzene rings is 1. The molecule has 1 saturated heterocycles. The third-order valence-electron chi connectivity index (χ3n) is 4.09. The molecule has 3 rings (SSSR count). The molecule has 1 amide bonds. The molecule has 2 aromatic rings. The van der Waals surface area contributed by atoms with E-state index in [9.17, 15) is 14.7 Å². The molecule has 0 spiro atoms. The van der Waals surface area contributed by atoms with E-state index in [4.69, 9.17) is 5.11 Å². The van der Waals surface area contributed by atoms with Crippen LogP contribution in [0.5, 0.6) is 0 Å². The van der Waals surface area contributed by atoms with E-state index in [1.807, 2.05) is 18.2 Å². The molecule has 2 heterocycles. The summed E-state index contributed by atoms with van der Waals surface area (Å²) >= 11 is 0. The number of rotatable bonds is 2. The van der Waals surface area contributed by atoms with Crippen molar-refractivity contribution in [1.29, 1.82) is 0 Å². The van der Waals surface area contributed by atoms with Crippen LogP contribution in [0.15, 0.2) is 30.5 Å². The van der Waals surface area contributed by atoms with Crippen LogP contribution in [-0.2, 0) is 4.79 Å². The number of carbonyl (C=O) groups excluding carboxylic acids is 1. The predicted molar refractivity (Wildman–Crippen MR) is 76.0 cm³/mol. The van der Waals surface area contributed by atoms with E-state index in [-0.39, 0.29) is 31.8 Å². The first-order chi connectivity index (χ1) is 10.0. The van der Waals surface area contributed by atoms with Gasteiger partial charge in [-0.3, -0.25) is 4.79 Å². The molecule has 1 aliphatic heterocycles. The van der Waals surface area contributed by atoms with Gasteiger partial charge in [0, 0.05) is 37.5 Å². The summed E-state index contributed by atoms with van der Waals surface area (Å²) in [5, 5.41) is 19.9. The van der Waals surface area contributed by atoms with Crippen LogP contribution in [0.4, 0.5) is 0 Å². The molecular formula is C15H16N2O4. The molecule has 1 aromatic heterocycles. The summed E-state index contributed by atoms with van der Waals surface area (Å²) in [6, 6.07) is 7.38. The summed E-state index contributed by atoms with van der Waals surface area (Å²) < 4.78 is 0. The number of carbonyl (C=O) groups is 2. The summed E-state index contributed by atoms with van der Waals surface area (Å²) in [5.41, 5.74) is -0.366. The van der Waals surface area contributed by atoms with Crippen molar-refractivity contribution in [2.24, 2.45) is 0 Å². The Kier molecular flexibility index (Phi) is 3.17. The molecule has 0 unspecified atom stereocenters. The first kappa shape index (κ1) is 13.6. The number of hydrogen-bond acceptors (Lipinski definition) is 3. The van der Waals surface area contributed by atoms with Crippen molar-refractivity contribution in [2.45, 2.75) is 18.4 Å². The number of aromatic amines is 1. The molecule has 21 heavy (non-hydrogen) atoms. The molecule has 6 heteroatoms. The lowest BCUT2D eigenvalue weighted by Crippen LogP contribution is -2.50. The summed E-state index contributed by atoms with van der Waals surface area (Å²) in [6.07, 6.45) is 1.88. The van der Waals surface area contributed by atoms with Gasteiger partial charge in [-0.25, -0.2) is 4.79 Å². The second-order valence-electron chi connectivity index (χ2n) is 5.38. The number of aromatic nitrogens is 1. The molecule has 110 valence electrons. The summed E-state index contributed by atoms with van der Waals surface area (Å²) in [4.78, 5) is 28.2. The number of nitrogens with zero attached hydrogens (tertiary/aromatic N) is 1. The Morgan fingerprint density at radius 1 is 1.19 bits per heavy atom. The molecule has 0 atom stereocenters. The molecule has 0 radical (unpaired) electrons. The Hall–Kier alpha value is -2.34. The molecule has 0 saturated carbocycles. The second kappa shape index (κ2) is 4.89. The number of H-pyrrole nitrogens is 1. The number of fused-ring (bicyclic) bond motifs is 1. The standard InChI is InChI=1S/C15H16N2O4/c18-13(11-3-1-2-10-4-7-16-12(10)11)17-8-5-15(21,6-9-17)14(19)20/h1-4,7,16,21H,5-6,8-9H2,(H,19,20). The van der Waals surface area contributed by atoms with Crippen LogP contribution in [0, 0.1) is 0 Å². The average Bonchev–Trinajstić information content (AvgIpc) is 2.95. The van der Waals surface area contributed by atoms with Gasteiger partial charge in [-0.15, -0.1) is 0 Å². The van der Waals surface area contributed by atoms with Gasteiger partial charge in [0.25, 0.3) is 5.91 Å². The quantitative estimate of drug-likeness (QED) is 0.774. The maximum Gasteiger partial charge on any atom is 0.335 e. The lowest BCUT2D eigenvalue weighted by Gasteiger charge is -2.35. The van der Waals surface area contributed by atoms with Crippen molar-refractivity contribution in [3.63, 3.8) is 0 Å². The van der Waals surface area contributed by atoms with Crippen LogP contribution in [0.25, 0.3) is 10.9 Å². The normalized spacial score (nSPS) is 17.9. The number of aliphatic hydroxyl groups is 1.